The van der Waals surface area contributed by atoms with Gasteiger partial charge in [0.25, 0.3) is 0 Å². The highest BCUT2D eigenvalue weighted by Crippen LogP contribution is 2.44. The minimum atomic E-state index is -2.33. The van der Waals surface area contributed by atoms with Gasteiger partial charge in [-0.2, -0.15) is 4.98 Å². The lowest BCUT2D eigenvalue weighted by molar-refractivity contribution is 0.643. The van der Waals surface area contributed by atoms with Gasteiger partial charge in [-0.15, -0.1) is 0 Å². The number of para-hydroxylation sites is 3. The van der Waals surface area contributed by atoms with E-state index in [0.29, 0.717) is 5.84 Å². The zero-order valence-corrected chi connectivity index (χ0v) is 23.0. The molecule has 0 bridgehead atoms. The monoisotopic (exact) mass is 551 g/mol. The Balaban J connectivity index is 1.45. The van der Waals surface area contributed by atoms with Crippen molar-refractivity contribution in [3.8, 4) is 11.3 Å². The van der Waals surface area contributed by atoms with Crippen LogP contribution in [-0.4, -0.2) is 14.4 Å². The van der Waals surface area contributed by atoms with Crippen LogP contribution in [0.4, 0.5) is 0 Å². The molecule has 190 valence electrons. The predicted octanol–water partition coefficient (Wildman–Crippen LogP) is 7.20. The molecule has 3 aromatic heterocycles. The Labute approximate surface area is 235 Å². The Morgan fingerprint density at radius 2 is 1.27 bits per heavy atom. The highest BCUT2D eigenvalue weighted by molar-refractivity contribution is 8.25. The Morgan fingerprint density at radius 3 is 2.05 bits per heavy atom. The topological polar surface area (TPSA) is 43.3 Å². The van der Waals surface area contributed by atoms with Crippen LogP contribution in [-0.2, 0) is 11.8 Å². The average Bonchev–Trinajstić information content (AvgIpc) is 3.58. The zero-order chi connectivity index (χ0) is 26.7. The summed E-state index contributed by atoms with van der Waals surface area (Å²) in [4.78, 5) is 10.2. The number of imidazole rings is 1. The molecule has 8 aromatic rings. The van der Waals surface area contributed by atoms with Gasteiger partial charge in [0.2, 0.25) is 0 Å². The van der Waals surface area contributed by atoms with E-state index in [1.54, 1.807) is 0 Å². The SMILES string of the molecule is S=P(c1ccccc1)(c1ccccc1)c1cccc(-c2nc3ccccc3c3nc4oc5ccccc5n4c23)c1. The van der Waals surface area contributed by atoms with Crippen molar-refractivity contribution in [1.29, 1.82) is 0 Å². The van der Waals surface area contributed by atoms with Gasteiger partial charge >= 0.3 is 5.84 Å². The molecule has 0 spiro atoms. The molecule has 0 unspecified atom stereocenters. The molecule has 0 N–H and O–H groups in total. The molecule has 3 heterocycles. The summed E-state index contributed by atoms with van der Waals surface area (Å²) in [6.45, 7) is 0. The van der Waals surface area contributed by atoms with Crippen LogP contribution in [0.1, 0.15) is 0 Å². The van der Waals surface area contributed by atoms with Crippen molar-refractivity contribution in [3.63, 3.8) is 0 Å². The van der Waals surface area contributed by atoms with E-state index in [0.717, 1.165) is 60.2 Å². The molecule has 40 heavy (non-hydrogen) atoms. The van der Waals surface area contributed by atoms with Gasteiger partial charge in [-0.25, -0.2) is 4.98 Å². The first-order chi connectivity index (χ1) is 19.7. The van der Waals surface area contributed by atoms with E-state index in [4.69, 9.17) is 26.2 Å². The number of aromatic nitrogens is 3. The second-order valence-corrected chi connectivity index (χ2v) is 14.2. The van der Waals surface area contributed by atoms with Crippen LogP contribution in [0, 0.1) is 0 Å². The minimum Gasteiger partial charge on any atom is -0.423 e. The standard InChI is InChI=1S/C34H22N3OPS/c40-39(24-13-3-1-4-14-24,25-15-5-2-6-16-25)26-17-11-12-23(22-26)31-33-32(27-18-7-8-19-28(27)35-31)36-34-37(33)29-20-9-10-21-30(29)38-34/h1-22H. The van der Waals surface area contributed by atoms with Crippen molar-refractivity contribution in [3.05, 3.63) is 133 Å². The summed E-state index contributed by atoms with van der Waals surface area (Å²) in [7, 11) is 0. The normalized spacial score (nSPS) is 12.1. The Kier molecular flexibility index (Phi) is 5.24. The third kappa shape index (κ3) is 3.42. The molecular formula is C34H22N3OPS. The van der Waals surface area contributed by atoms with Gasteiger partial charge in [0, 0.05) is 17.0 Å². The summed E-state index contributed by atoms with van der Waals surface area (Å²) in [6.07, 6.45) is 0. The van der Waals surface area contributed by atoms with Gasteiger partial charge in [0.1, 0.15) is 11.0 Å². The van der Waals surface area contributed by atoms with Crippen LogP contribution in [0.5, 0.6) is 0 Å². The molecule has 0 saturated carbocycles. The molecule has 6 heteroatoms. The van der Waals surface area contributed by atoms with Gasteiger partial charge in [-0.05, 0) is 40.2 Å². The maximum absolute atomic E-state index is 6.65. The fourth-order valence-electron chi connectivity index (χ4n) is 5.64. The third-order valence-corrected chi connectivity index (χ3v) is 12.4. The molecular weight excluding hydrogens is 529 g/mol. The maximum atomic E-state index is 6.65. The Bertz CT molecular complexity index is 2210. The summed E-state index contributed by atoms with van der Waals surface area (Å²) in [5.41, 5.74) is 6.32. The van der Waals surface area contributed by atoms with E-state index in [1.807, 2.05) is 48.5 Å². The lowest BCUT2D eigenvalue weighted by Crippen LogP contribution is -2.24. The number of rotatable bonds is 4. The number of benzene rings is 5. The lowest BCUT2D eigenvalue weighted by Gasteiger charge is -2.24. The zero-order valence-electron chi connectivity index (χ0n) is 21.3. The average molecular weight is 552 g/mol. The van der Waals surface area contributed by atoms with E-state index in [2.05, 4.69) is 89.3 Å². The Morgan fingerprint density at radius 1 is 0.625 bits per heavy atom. The number of hydrogen-bond donors (Lipinski definition) is 0. The van der Waals surface area contributed by atoms with Gasteiger partial charge in [-0.1, -0.05) is 121 Å². The van der Waals surface area contributed by atoms with Crippen molar-refractivity contribution >= 4 is 72.6 Å². The van der Waals surface area contributed by atoms with Crippen LogP contribution in [0.25, 0.3) is 50.1 Å². The second-order valence-electron chi connectivity index (χ2n) is 9.81. The van der Waals surface area contributed by atoms with E-state index < -0.39 is 6.04 Å². The van der Waals surface area contributed by atoms with E-state index in [1.165, 1.54) is 0 Å². The van der Waals surface area contributed by atoms with Gasteiger partial charge < -0.3 is 4.42 Å². The molecule has 0 saturated heterocycles. The van der Waals surface area contributed by atoms with Crippen molar-refractivity contribution in [1.82, 2.24) is 14.4 Å². The van der Waals surface area contributed by atoms with Crippen molar-refractivity contribution in [2.24, 2.45) is 0 Å². The number of hydrogen-bond acceptors (Lipinski definition) is 4. The molecule has 0 amide bonds. The molecule has 5 aromatic carbocycles. The molecule has 8 rings (SSSR count). The number of nitrogens with zero attached hydrogens (tertiary/aromatic N) is 3. The molecule has 4 nitrogen and oxygen atoms in total. The number of fused-ring (bicyclic) bond motifs is 7. The first kappa shape index (κ1) is 23.3. The van der Waals surface area contributed by atoms with Crippen molar-refractivity contribution in [2.45, 2.75) is 0 Å². The van der Waals surface area contributed by atoms with Crippen LogP contribution < -0.4 is 15.9 Å². The molecule has 0 fully saturated rings. The van der Waals surface area contributed by atoms with Crippen LogP contribution >= 0.6 is 6.04 Å². The largest absolute Gasteiger partial charge is 0.423 e. The minimum absolute atomic E-state index is 0.561. The van der Waals surface area contributed by atoms with Crippen LogP contribution in [0.15, 0.2) is 138 Å². The first-order valence-corrected chi connectivity index (χ1v) is 15.9. The quantitative estimate of drug-likeness (QED) is 0.217. The lowest BCUT2D eigenvalue weighted by atomic mass is 10.1. The highest BCUT2D eigenvalue weighted by atomic mass is 32.4. The van der Waals surface area contributed by atoms with E-state index >= 15 is 0 Å². The van der Waals surface area contributed by atoms with E-state index in [-0.39, 0.29) is 0 Å². The van der Waals surface area contributed by atoms with E-state index in [9.17, 15) is 0 Å². The van der Waals surface area contributed by atoms with Gasteiger partial charge in [-0.3, -0.25) is 4.40 Å². The summed E-state index contributed by atoms with van der Waals surface area (Å²) in [5.74, 6) is 0.561. The third-order valence-electron chi connectivity index (χ3n) is 7.49. The van der Waals surface area contributed by atoms with Crippen LogP contribution in [0.3, 0.4) is 0 Å². The second kappa shape index (κ2) is 8.99. The summed E-state index contributed by atoms with van der Waals surface area (Å²) >= 11 is 6.65. The maximum Gasteiger partial charge on any atom is 0.307 e. The summed E-state index contributed by atoms with van der Waals surface area (Å²) in [6, 6.07) is 43.5. The molecule has 0 atom stereocenters. The van der Waals surface area contributed by atoms with Gasteiger partial charge in [0.15, 0.2) is 5.58 Å². The Hall–Kier alpha value is -4.57. The fraction of sp³-hybridized carbons (Fsp3) is 0. The first-order valence-electron chi connectivity index (χ1n) is 13.1. The number of pyridine rings is 1. The fourth-order valence-corrected chi connectivity index (χ4v) is 9.41. The summed E-state index contributed by atoms with van der Waals surface area (Å²) in [5, 5.41) is 4.45. The predicted molar refractivity (Wildman–Crippen MR) is 169 cm³/mol. The van der Waals surface area contributed by atoms with Gasteiger partial charge in [0.05, 0.1) is 16.7 Å². The summed E-state index contributed by atoms with van der Waals surface area (Å²) < 4.78 is 8.28. The van der Waals surface area contributed by atoms with Crippen molar-refractivity contribution < 1.29 is 4.42 Å². The highest BCUT2D eigenvalue weighted by Gasteiger charge is 2.26. The molecule has 0 aliphatic heterocycles. The molecule has 0 aliphatic rings. The van der Waals surface area contributed by atoms with Crippen LogP contribution in [0.2, 0.25) is 0 Å². The van der Waals surface area contributed by atoms with Crippen molar-refractivity contribution in [2.75, 3.05) is 0 Å². The molecule has 0 radical (unpaired) electrons. The molecule has 0 aliphatic carbocycles. The number of oxazole rings is 1. The smallest absolute Gasteiger partial charge is 0.307 e.